The molecule has 0 atom stereocenters. The molecule has 0 bridgehead atoms. The molecule has 0 saturated carbocycles. The SMILES string of the molecule is COc1cccc(OC)c1C(=O)NC(=S)Nc1ccc(-c2nc3ccc(C)cc3s2)cc1. The van der Waals surface area contributed by atoms with Crippen molar-refractivity contribution >= 4 is 50.5 Å². The van der Waals surface area contributed by atoms with E-state index in [0.29, 0.717) is 11.5 Å². The average Bonchev–Trinajstić information content (AvgIpc) is 3.21. The number of aryl methyl sites for hydroxylation is 1. The Kier molecular flexibility index (Phi) is 6.34. The first kappa shape index (κ1) is 21.7. The first-order valence-electron chi connectivity index (χ1n) is 9.79. The van der Waals surface area contributed by atoms with Crippen LogP contribution in [0.25, 0.3) is 20.8 Å². The summed E-state index contributed by atoms with van der Waals surface area (Å²) >= 11 is 6.98. The van der Waals surface area contributed by atoms with Gasteiger partial charge < -0.3 is 14.8 Å². The lowest BCUT2D eigenvalue weighted by molar-refractivity contribution is 0.0971. The van der Waals surface area contributed by atoms with Gasteiger partial charge in [0.2, 0.25) is 0 Å². The molecule has 1 heterocycles. The standard InChI is InChI=1S/C24H21N3O3S2/c1-14-7-12-17-20(13-14)32-23(26-17)15-8-10-16(11-9-15)25-24(31)27-22(28)21-18(29-2)5-4-6-19(21)30-3/h4-13H,1-3H3,(H2,25,27,28,31). The average molecular weight is 464 g/mol. The van der Waals surface area contributed by atoms with Gasteiger partial charge in [-0.1, -0.05) is 12.1 Å². The zero-order valence-corrected chi connectivity index (χ0v) is 19.4. The van der Waals surface area contributed by atoms with E-state index in [9.17, 15) is 4.79 Å². The highest BCUT2D eigenvalue weighted by Crippen LogP contribution is 2.31. The van der Waals surface area contributed by atoms with Gasteiger partial charge in [-0.25, -0.2) is 4.98 Å². The van der Waals surface area contributed by atoms with Gasteiger partial charge in [0.1, 0.15) is 22.1 Å². The predicted molar refractivity (Wildman–Crippen MR) is 133 cm³/mol. The summed E-state index contributed by atoms with van der Waals surface area (Å²) in [6.07, 6.45) is 0. The van der Waals surface area contributed by atoms with E-state index in [4.69, 9.17) is 26.7 Å². The second kappa shape index (κ2) is 9.33. The molecule has 4 rings (SSSR count). The number of carbonyl (C=O) groups is 1. The normalized spacial score (nSPS) is 10.6. The number of thiazole rings is 1. The van der Waals surface area contributed by atoms with Crippen LogP contribution in [0.15, 0.2) is 60.7 Å². The van der Waals surface area contributed by atoms with Crippen LogP contribution in [0.1, 0.15) is 15.9 Å². The molecule has 3 aromatic carbocycles. The first-order valence-corrected chi connectivity index (χ1v) is 11.0. The monoisotopic (exact) mass is 463 g/mol. The maximum absolute atomic E-state index is 12.7. The Morgan fingerprint density at radius 3 is 2.34 bits per heavy atom. The Bertz CT molecular complexity index is 1280. The summed E-state index contributed by atoms with van der Waals surface area (Å²) in [7, 11) is 2.99. The number of nitrogens with zero attached hydrogens (tertiary/aromatic N) is 1. The lowest BCUT2D eigenvalue weighted by Gasteiger charge is -2.14. The van der Waals surface area contributed by atoms with Gasteiger partial charge >= 0.3 is 0 Å². The molecule has 32 heavy (non-hydrogen) atoms. The second-order valence-corrected chi connectivity index (χ2v) is 8.45. The summed E-state index contributed by atoms with van der Waals surface area (Å²) in [6, 6.07) is 19.1. The predicted octanol–water partition coefficient (Wildman–Crippen LogP) is 5.42. The molecule has 4 aromatic rings. The third-order valence-corrected chi connectivity index (χ3v) is 6.09. The maximum Gasteiger partial charge on any atom is 0.264 e. The van der Waals surface area contributed by atoms with E-state index in [0.717, 1.165) is 26.5 Å². The fourth-order valence-electron chi connectivity index (χ4n) is 3.25. The van der Waals surface area contributed by atoms with E-state index in [2.05, 4.69) is 29.7 Å². The van der Waals surface area contributed by atoms with Crippen molar-refractivity contribution in [2.45, 2.75) is 6.92 Å². The van der Waals surface area contributed by atoms with E-state index in [1.54, 1.807) is 29.5 Å². The Morgan fingerprint density at radius 2 is 1.69 bits per heavy atom. The minimum Gasteiger partial charge on any atom is -0.496 e. The molecule has 0 aliphatic heterocycles. The number of benzene rings is 3. The number of carbonyl (C=O) groups excluding carboxylic acids is 1. The Morgan fingerprint density at radius 1 is 1.00 bits per heavy atom. The smallest absolute Gasteiger partial charge is 0.264 e. The number of ether oxygens (including phenoxy) is 2. The summed E-state index contributed by atoms with van der Waals surface area (Å²) < 4.78 is 11.7. The Labute approximate surface area is 195 Å². The van der Waals surface area contributed by atoms with Crippen LogP contribution in [0.5, 0.6) is 11.5 Å². The third kappa shape index (κ3) is 4.56. The fraction of sp³-hybridized carbons (Fsp3) is 0.125. The molecular formula is C24H21N3O3S2. The van der Waals surface area contributed by atoms with Gasteiger partial charge in [-0.2, -0.15) is 0 Å². The number of nitrogens with one attached hydrogen (secondary N) is 2. The zero-order chi connectivity index (χ0) is 22.7. The van der Waals surface area contributed by atoms with Crippen LogP contribution < -0.4 is 20.1 Å². The van der Waals surface area contributed by atoms with E-state index in [1.807, 2.05) is 30.3 Å². The van der Waals surface area contributed by atoms with Crippen LogP contribution in [-0.2, 0) is 0 Å². The summed E-state index contributed by atoms with van der Waals surface area (Å²) in [5, 5.41) is 6.83. The van der Waals surface area contributed by atoms with E-state index < -0.39 is 5.91 Å². The van der Waals surface area contributed by atoms with Crippen molar-refractivity contribution < 1.29 is 14.3 Å². The second-order valence-electron chi connectivity index (χ2n) is 7.01. The summed E-state index contributed by atoms with van der Waals surface area (Å²) in [6.45, 7) is 2.07. The van der Waals surface area contributed by atoms with Crippen LogP contribution in [0.4, 0.5) is 5.69 Å². The van der Waals surface area contributed by atoms with Crippen LogP contribution in [0, 0.1) is 6.92 Å². The molecule has 1 aromatic heterocycles. The van der Waals surface area contributed by atoms with Crippen LogP contribution >= 0.6 is 23.6 Å². The van der Waals surface area contributed by atoms with Gasteiger partial charge in [0.25, 0.3) is 5.91 Å². The molecule has 6 nitrogen and oxygen atoms in total. The number of rotatable bonds is 5. The van der Waals surface area contributed by atoms with Gasteiger partial charge in [0.15, 0.2) is 5.11 Å². The van der Waals surface area contributed by atoms with Crippen LogP contribution in [-0.4, -0.2) is 30.2 Å². The van der Waals surface area contributed by atoms with Crippen LogP contribution in [0.3, 0.4) is 0 Å². The number of aromatic nitrogens is 1. The molecule has 2 N–H and O–H groups in total. The van der Waals surface area contributed by atoms with E-state index in [-0.39, 0.29) is 10.7 Å². The van der Waals surface area contributed by atoms with Gasteiger partial charge in [-0.15, -0.1) is 11.3 Å². The highest BCUT2D eigenvalue weighted by atomic mass is 32.1. The first-order chi connectivity index (χ1) is 15.5. The van der Waals surface area contributed by atoms with Crippen LogP contribution in [0.2, 0.25) is 0 Å². The summed E-state index contributed by atoms with van der Waals surface area (Å²) in [5.41, 5.74) is 4.26. The van der Waals surface area contributed by atoms with Crippen molar-refractivity contribution in [3.05, 3.63) is 71.8 Å². The van der Waals surface area contributed by atoms with Crippen molar-refractivity contribution in [3.63, 3.8) is 0 Å². The van der Waals surface area contributed by atoms with Crippen molar-refractivity contribution in [2.75, 3.05) is 19.5 Å². The molecule has 1 amide bonds. The molecule has 0 fully saturated rings. The molecule has 0 saturated heterocycles. The molecule has 0 aliphatic carbocycles. The number of methoxy groups -OCH3 is 2. The highest BCUT2D eigenvalue weighted by molar-refractivity contribution is 7.80. The fourth-order valence-corrected chi connectivity index (χ4v) is 4.53. The van der Waals surface area contributed by atoms with Gasteiger partial charge in [-0.05, 0) is 73.2 Å². The molecule has 8 heteroatoms. The number of hydrogen-bond donors (Lipinski definition) is 2. The molecule has 0 aliphatic rings. The van der Waals surface area contributed by atoms with Crippen molar-refractivity contribution in [1.82, 2.24) is 10.3 Å². The highest BCUT2D eigenvalue weighted by Gasteiger charge is 2.19. The number of fused-ring (bicyclic) bond motifs is 1. The number of amides is 1. The van der Waals surface area contributed by atoms with E-state index >= 15 is 0 Å². The molecule has 0 radical (unpaired) electrons. The van der Waals surface area contributed by atoms with Crippen molar-refractivity contribution in [1.29, 1.82) is 0 Å². The number of thiocarbonyl (C=S) groups is 1. The zero-order valence-electron chi connectivity index (χ0n) is 17.8. The largest absolute Gasteiger partial charge is 0.496 e. The molecule has 162 valence electrons. The van der Waals surface area contributed by atoms with Gasteiger partial charge in [-0.3, -0.25) is 10.1 Å². The summed E-state index contributed by atoms with van der Waals surface area (Å²) in [4.78, 5) is 17.5. The lowest BCUT2D eigenvalue weighted by atomic mass is 10.1. The summed E-state index contributed by atoms with van der Waals surface area (Å²) in [5.74, 6) is 0.387. The Hall–Kier alpha value is -3.49. The quantitative estimate of drug-likeness (QED) is 0.385. The minimum absolute atomic E-state index is 0.172. The van der Waals surface area contributed by atoms with Crippen molar-refractivity contribution in [3.8, 4) is 22.1 Å². The topological polar surface area (TPSA) is 72.5 Å². The van der Waals surface area contributed by atoms with Crippen molar-refractivity contribution in [2.24, 2.45) is 0 Å². The lowest BCUT2D eigenvalue weighted by Crippen LogP contribution is -2.34. The molecule has 0 spiro atoms. The maximum atomic E-state index is 12.7. The third-order valence-electron chi connectivity index (χ3n) is 4.82. The van der Waals surface area contributed by atoms with Gasteiger partial charge in [0, 0.05) is 11.3 Å². The molecule has 0 unspecified atom stereocenters. The number of anilines is 1. The molecular weight excluding hydrogens is 442 g/mol. The number of hydrogen-bond acceptors (Lipinski definition) is 6. The minimum atomic E-state index is -0.418. The Balaban J connectivity index is 1.45. The van der Waals surface area contributed by atoms with E-state index in [1.165, 1.54) is 19.8 Å². The van der Waals surface area contributed by atoms with Gasteiger partial charge in [0.05, 0.1) is 24.4 Å².